The number of nitrogens with zero attached hydrogens (tertiary/aromatic N) is 3. The van der Waals surface area contributed by atoms with Crippen molar-refractivity contribution in [1.82, 2.24) is 5.17 Å². The number of allylic oxidation sites excluding steroid dienone is 2. The third kappa shape index (κ3) is 2.47. The van der Waals surface area contributed by atoms with Crippen LogP contribution in [0.2, 0.25) is 0 Å². The van der Waals surface area contributed by atoms with Crippen LogP contribution in [0.25, 0.3) is 0 Å². The predicted molar refractivity (Wildman–Crippen MR) is 44.3 cm³/mol. The number of rotatable bonds is 2. The Hall–Kier alpha value is -2.05. The van der Waals surface area contributed by atoms with E-state index in [2.05, 4.69) is 19.9 Å². The summed E-state index contributed by atoms with van der Waals surface area (Å²) >= 11 is 0. The first-order chi connectivity index (χ1) is 6.24. The summed E-state index contributed by atoms with van der Waals surface area (Å²) in [5.41, 5.74) is 5.26. The molecule has 7 nitrogen and oxygen atoms in total. The zero-order chi connectivity index (χ0) is 9.68. The topological polar surface area (TPSA) is 89.5 Å². The van der Waals surface area contributed by atoms with Crippen LogP contribution in [0.5, 0.6) is 0 Å². The highest BCUT2D eigenvalue weighted by molar-refractivity contribution is 5.81. The molecular formula is C6H8N4O3. The Kier molecular flexibility index (Phi) is 2.85. The molecule has 0 amide bonds. The fourth-order valence-corrected chi connectivity index (χ4v) is 0.521. The fraction of sp³-hybridized carbons (Fsp3) is 0.167. The van der Waals surface area contributed by atoms with Gasteiger partial charge in [-0.2, -0.15) is 4.79 Å². The largest absolute Gasteiger partial charge is 0.562 e. The van der Waals surface area contributed by atoms with Crippen molar-refractivity contribution < 1.29 is 14.5 Å². The number of carbonyl (C=O) groups excluding carboxylic acids is 1. The first kappa shape index (κ1) is 9.04. The van der Waals surface area contributed by atoms with Crippen molar-refractivity contribution in [2.75, 3.05) is 0 Å². The van der Waals surface area contributed by atoms with Gasteiger partial charge in [0.05, 0.1) is 6.21 Å². The molecule has 70 valence electrons. The summed E-state index contributed by atoms with van der Waals surface area (Å²) in [6, 6.07) is 0. The minimum absolute atomic E-state index is 0.152. The van der Waals surface area contributed by atoms with Crippen molar-refractivity contribution in [3.8, 4) is 0 Å². The van der Waals surface area contributed by atoms with Crippen molar-refractivity contribution in [3.63, 3.8) is 0 Å². The average molecular weight is 184 g/mol. The average Bonchev–Trinajstić information content (AvgIpc) is 2.11. The molecule has 1 aliphatic heterocycles. The Morgan fingerprint density at radius 2 is 2.46 bits per heavy atom. The Bertz CT molecular complexity index is 284. The molecule has 0 aliphatic carbocycles. The molecule has 1 heterocycles. The molecule has 0 unspecified atom stereocenters. The monoisotopic (exact) mass is 184 g/mol. The fourth-order valence-electron chi connectivity index (χ4n) is 0.521. The van der Waals surface area contributed by atoms with E-state index in [-0.39, 0.29) is 5.96 Å². The number of carbonyl (C=O) groups is 1. The van der Waals surface area contributed by atoms with Gasteiger partial charge in [0.15, 0.2) is 0 Å². The number of hydrogen-bond donors (Lipinski definition) is 1. The zero-order valence-electron chi connectivity index (χ0n) is 6.88. The second-order valence-electron chi connectivity index (χ2n) is 1.95. The van der Waals surface area contributed by atoms with Crippen LogP contribution in [0.15, 0.2) is 22.4 Å². The number of hydrazone groups is 1. The molecule has 0 aromatic heterocycles. The molecule has 1 rings (SSSR count). The normalized spacial score (nSPS) is 17.5. The van der Waals surface area contributed by atoms with Gasteiger partial charge in [-0.3, -0.25) is 9.68 Å². The van der Waals surface area contributed by atoms with E-state index in [1.54, 1.807) is 12.2 Å². The quantitative estimate of drug-likeness (QED) is 0.487. The van der Waals surface area contributed by atoms with Crippen LogP contribution >= 0.6 is 0 Å². The van der Waals surface area contributed by atoms with Gasteiger partial charge in [0.25, 0.3) is 5.96 Å². The lowest BCUT2D eigenvalue weighted by molar-refractivity contribution is -0.0952. The summed E-state index contributed by atoms with van der Waals surface area (Å²) in [6.07, 6.45) is 3.79. The molecule has 0 fully saturated rings. The van der Waals surface area contributed by atoms with E-state index >= 15 is 0 Å². The standard InChI is InChI=1S/C6H8N4O3/c1-2-3-4-8-10-5(7)9-12-6(11)13-10/h2-4H,1H3,(H2,7,9)/b3-2+,8-4+. The van der Waals surface area contributed by atoms with Gasteiger partial charge in [-0.05, 0) is 23.3 Å². The molecule has 13 heavy (non-hydrogen) atoms. The highest BCUT2D eigenvalue weighted by Gasteiger charge is 2.21. The summed E-state index contributed by atoms with van der Waals surface area (Å²) in [5.74, 6) is -0.152. The number of guanidine groups is 1. The van der Waals surface area contributed by atoms with Crippen LogP contribution in [-0.4, -0.2) is 23.5 Å². The molecule has 0 atom stereocenters. The molecule has 0 aromatic carbocycles. The third-order valence-electron chi connectivity index (χ3n) is 1.02. The lowest BCUT2D eigenvalue weighted by Gasteiger charge is -2.16. The lowest BCUT2D eigenvalue weighted by Crippen LogP contribution is -2.38. The Morgan fingerprint density at radius 3 is 3.15 bits per heavy atom. The van der Waals surface area contributed by atoms with Crippen molar-refractivity contribution >= 4 is 18.3 Å². The summed E-state index contributed by atoms with van der Waals surface area (Å²) in [6.45, 7) is 1.81. The van der Waals surface area contributed by atoms with Crippen LogP contribution in [0, 0.1) is 0 Å². The molecule has 0 aromatic rings. The molecule has 0 saturated heterocycles. The highest BCUT2D eigenvalue weighted by atomic mass is 16.9. The third-order valence-corrected chi connectivity index (χ3v) is 1.02. The molecular weight excluding hydrogens is 176 g/mol. The van der Waals surface area contributed by atoms with Crippen LogP contribution in [0.1, 0.15) is 6.92 Å². The lowest BCUT2D eigenvalue weighted by atomic mass is 10.6. The van der Waals surface area contributed by atoms with Crippen LogP contribution in [0.3, 0.4) is 0 Å². The van der Waals surface area contributed by atoms with Crippen LogP contribution in [-0.2, 0) is 9.68 Å². The summed E-state index contributed by atoms with van der Waals surface area (Å²) in [7, 11) is 0. The first-order valence-electron chi connectivity index (χ1n) is 3.42. The smallest absolute Gasteiger partial charge is 0.363 e. The van der Waals surface area contributed by atoms with E-state index in [1.165, 1.54) is 6.21 Å². The van der Waals surface area contributed by atoms with Crippen LogP contribution < -0.4 is 5.73 Å². The predicted octanol–water partition coefficient (Wildman–Crippen LogP) is 0.162. The number of nitrogens with two attached hydrogens (primary N) is 1. The maximum atomic E-state index is 10.5. The minimum Gasteiger partial charge on any atom is -0.363 e. The maximum Gasteiger partial charge on any atom is 0.562 e. The summed E-state index contributed by atoms with van der Waals surface area (Å²) in [5, 5.41) is 7.58. The summed E-state index contributed by atoms with van der Waals surface area (Å²) in [4.78, 5) is 19.0. The Balaban J connectivity index is 2.63. The van der Waals surface area contributed by atoms with Crippen molar-refractivity contribution in [2.24, 2.45) is 16.0 Å². The van der Waals surface area contributed by atoms with Gasteiger partial charge in [0.2, 0.25) is 0 Å². The molecule has 2 N–H and O–H groups in total. The Morgan fingerprint density at radius 1 is 1.69 bits per heavy atom. The SMILES string of the molecule is C/C=C/C=N/N1OC(=O)ON=C1N. The Labute approximate surface area is 74.0 Å². The van der Waals surface area contributed by atoms with Gasteiger partial charge in [-0.1, -0.05) is 6.08 Å². The van der Waals surface area contributed by atoms with Gasteiger partial charge in [-0.25, -0.2) is 0 Å². The van der Waals surface area contributed by atoms with E-state index in [0.29, 0.717) is 0 Å². The van der Waals surface area contributed by atoms with Gasteiger partial charge in [0.1, 0.15) is 0 Å². The minimum atomic E-state index is -0.980. The second kappa shape index (κ2) is 4.10. The van der Waals surface area contributed by atoms with E-state index in [1.807, 2.05) is 6.92 Å². The van der Waals surface area contributed by atoms with Gasteiger partial charge < -0.3 is 5.73 Å². The van der Waals surface area contributed by atoms with Gasteiger partial charge in [0, 0.05) is 0 Å². The van der Waals surface area contributed by atoms with Gasteiger partial charge >= 0.3 is 6.16 Å². The van der Waals surface area contributed by atoms with Crippen molar-refractivity contribution in [3.05, 3.63) is 12.2 Å². The van der Waals surface area contributed by atoms with E-state index < -0.39 is 6.16 Å². The molecule has 0 spiro atoms. The summed E-state index contributed by atoms with van der Waals surface area (Å²) < 4.78 is 0. The molecule has 1 aliphatic rings. The van der Waals surface area contributed by atoms with Crippen molar-refractivity contribution in [1.29, 1.82) is 0 Å². The number of hydroxylamine groups is 1. The maximum absolute atomic E-state index is 10.5. The van der Waals surface area contributed by atoms with Crippen LogP contribution in [0.4, 0.5) is 4.79 Å². The van der Waals surface area contributed by atoms with Gasteiger partial charge in [-0.15, -0.1) is 5.10 Å². The first-order valence-corrected chi connectivity index (χ1v) is 3.42. The second-order valence-corrected chi connectivity index (χ2v) is 1.95. The number of oxime groups is 1. The van der Waals surface area contributed by atoms with Crippen molar-refractivity contribution in [2.45, 2.75) is 6.92 Å². The molecule has 7 heteroatoms. The van der Waals surface area contributed by atoms with E-state index in [9.17, 15) is 4.79 Å². The highest BCUT2D eigenvalue weighted by Crippen LogP contribution is 2.01. The van der Waals surface area contributed by atoms with E-state index in [4.69, 9.17) is 5.73 Å². The van der Waals surface area contributed by atoms with E-state index in [0.717, 1.165) is 5.17 Å². The number of hydrogen-bond acceptors (Lipinski definition) is 7. The zero-order valence-corrected chi connectivity index (χ0v) is 6.88. The molecule has 0 bridgehead atoms. The molecule has 0 saturated carbocycles. The molecule has 0 radical (unpaired) electrons.